The Balaban J connectivity index is 1.36. The summed E-state index contributed by atoms with van der Waals surface area (Å²) >= 11 is 1.69. The number of rotatable bonds is 6. The Bertz CT molecular complexity index is 1100. The lowest BCUT2D eigenvalue weighted by atomic mass is 9.95. The zero-order valence-corrected chi connectivity index (χ0v) is 19.2. The van der Waals surface area contributed by atoms with Crippen LogP contribution in [-0.4, -0.2) is 25.2 Å². The minimum absolute atomic E-state index is 0.00946. The summed E-state index contributed by atoms with van der Waals surface area (Å²) in [5, 5.41) is 3.96. The van der Waals surface area contributed by atoms with Crippen molar-refractivity contribution in [3.63, 3.8) is 0 Å². The molecule has 0 radical (unpaired) electrons. The van der Waals surface area contributed by atoms with Crippen LogP contribution in [0.15, 0.2) is 59.6 Å². The molecule has 0 unspecified atom stereocenters. The Labute approximate surface area is 194 Å². The lowest BCUT2D eigenvalue weighted by Crippen LogP contribution is -2.24. The molecule has 1 amide bonds. The maximum atomic E-state index is 13.2. The first-order valence-corrected chi connectivity index (χ1v) is 12.5. The molecule has 4 nitrogen and oxygen atoms in total. The first-order chi connectivity index (χ1) is 15.8. The average Bonchev–Trinajstić information content (AvgIpc) is 3.50. The van der Waals surface area contributed by atoms with Gasteiger partial charge in [0.25, 0.3) is 5.91 Å². The molecule has 1 N–H and O–H groups in total. The van der Waals surface area contributed by atoms with Gasteiger partial charge in [0.2, 0.25) is 0 Å². The van der Waals surface area contributed by atoms with E-state index < -0.39 is 0 Å². The number of aliphatic imine (C=N–C) groups is 1. The quantitative estimate of drug-likeness (QED) is 0.482. The van der Waals surface area contributed by atoms with Gasteiger partial charge in [0.15, 0.2) is 0 Å². The minimum Gasteiger partial charge on any atom is -0.372 e. The van der Waals surface area contributed by atoms with Crippen LogP contribution >= 0.6 is 11.3 Å². The highest BCUT2D eigenvalue weighted by Gasteiger charge is 2.25. The van der Waals surface area contributed by atoms with Crippen LogP contribution in [0.25, 0.3) is 0 Å². The molecule has 1 saturated heterocycles. The van der Waals surface area contributed by atoms with Gasteiger partial charge in [-0.05, 0) is 67.3 Å². The normalized spacial score (nSPS) is 15.8. The molecule has 1 fully saturated rings. The van der Waals surface area contributed by atoms with Gasteiger partial charge in [-0.25, -0.2) is 4.99 Å². The van der Waals surface area contributed by atoms with E-state index >= 15 is 0 Å². The third-order valence-electron chi connectivity index (χ3n) is 6.37. The van der Waals surface area contributed by atoms with Crippen LogP contribution in [0.2, 0.25) is 0 Å². The van der Waals surface area contributed by atoms with Crippen LogP contribution in [-0.2, 0) is 19.4 Å². The van der Waals surface area contributed by atoms with Gasteiger partial charge in [0.1, 0.15) is 5.00 Å². The number of nitrogens with zero attached hydrogens (tertiary/aromatic N) is 2. The predicted octanol–water partition coefficient (Wildman–Crippen LogP) is 5.91. The van der Waals surface area contributed by atoms with E-state index in [-0.39, 0.29) is 5.91 Å². The summed E-state index contributed by atoms with van der Waals surface area (Å²) in [6.07, 6.45) is 8.82. The zero-order chi connectivity index (χ0) is 21.8. The number of anilines is 1. The van der Waals surface area contributed by atoms with Crippen molar-refractivity contribution in [1.82, 2.24) is 5.32 Å². The molecular weight excluding hydrogens is 414 g/mol. The molecule has 0 spiro atoms. The number of benzene rings is 2. The number of amides is 1. The van der Waals surface area contributed by atoms with Crippen LogP contribution < -0.4 is 10.2 Å². The molecule has 0 saturated carbocycles. The molecule has 5 rings (SSSR count). The van der Waals surface area contributed by atoms with Crippen LogP contribution in [0.5, 0.6) is 0 Å². The first kappa shape index (κ1) is 21.0. The fourth-order valence-corrected chi connectivity index (χ4v) is 5.85. The van der Waals surface area contributed by atoms with E-state index in [1.165, 1.54) is 35.4 Å². The smallest absolute Gasteiger partial charge is 0.254 e. The van der Waals surface area contributed by atoms with Gasteiger partial charge in [0, 0.05) is 36.4 Å². The van der Waals surface area contributed by atoms with E-state index in [0.717, 1.165) is 54.0 Å². The molecule has 1 aliphatic heterocycles. The molecule has 1 aliphatic carbocycles. The second-order valence-corrected chi connectivity index (χ2v) is 9.69. The molecule has 5 heteroatoms. The molecule has 2 aliphatic rings. The first-order valence-electron chi connectivity index (χ1n) is 11.6. The maximum Gasteiger partial charge on any atom is 0.254 e. The van der Waals surface area contributed by atoms with Gasteiger partial charge in [-0.2, -0.15) is 0 Å². The van der Waals surface area contributed by atoms with E-state index in [0.29, 0.717) is 6.54 Å². The Morgan fingerprint density at radius 1 is 0.969 bits per heavy atom. The highest BCUT2D eigenvalue weighted by Crippen LogP contribution is 2.40. The summed E-state index contributed by atoms with van der Waals surface area (Å²) in [5.41, 5.74) is 5.45. The highest BCUT2D eigenvalue weighted by atomic mass is 32.1. The van der Waals surface area contributed by atoms with Crippen LogP contribution in [0.3, 0.4) is 0 Å². The summed E-state index contributed by atoms with van der Waals surface area (Å²) < 4.78 is 0. The van der Waals surface area contributed by atoms with Crippen molar-refractivity contribution in [2.24, 2.45) is 4.99 Å². The van der Waals surface area contributed by atoms with Crippen molar-refractivity contribution < 1.29 is 4.79 Å². The number of fused-ring (bicyclic) bond motifs is 1. The van der Waals surface area contributed by atoms with Gasteiger partial charge in [-0.15, -0.1) is 11.3 Å². The topological polar surface area (TPSA) is 44.7 Å². The van der Waals surface area contributed by atoms with Gasteiger partial charge < -0.3 is 10.2 Å². The van der Waals surface area contributed by atoms with Crippen LogP contribution in [0, 0.1) is 0 Å². The molecule has 32 heavy (non-hydrogen) atoms. The summed E-state index contributed by atoms with van der Waals surface area (Å²) in [5.74, 6) is -0.00946. The third kappa shape index (κ3) is 4.63. The SMILES string of the molecule is O=C(NCc1ccccc1)c1c(N=Cc2ccc(N3CCCC3)cc2)sc2c1CCCC2. The minimum atomic E-state index is -0.00946. The van der Waals surface area contributed by atoms with Crippen LogP contribution in [0.1, 0.15) is 57.6 Å². The summed E-state index contributed by atoms with van der Waals surface area (Å²) in [6.45, 7) is 2.83. The van der Waals surface area contributed by atoms with Gasteiger partial charge in [-0.1, -0.05) is 42.5 Å². The monoisotopic (exact) mass is 443 g/mol. The fraction of sp³-hybridized carbons (Fsp3) is 0.333. The maximum absolute atomic E-state index is 13.2. The average molecular weight is 444 g/mol. The van der Waals surface area contributed by atoms with Crippen molar-refractivity contribution in [2.45, 2.75) is 45.1 Å². The van der Waals surface area contributed by atoms with E-state index in [1.54, 1.807) is 11.3 Å². The number of thiophene rings is 1. The number of hydrogen-bond acceptors (Lipinski definition) is 4. The fourth-order valence-electron chi connectivity index (χ4n) is 4.62. The van der Waals surface area contributed by atoms with Gasteiger partial charge in [0.05, 0.1) is 5.56 Å². The number of aryl methyl sites for hydroxylation is 1. The second kappa shape index (κ2) is 9.70. The number of hydrogen-bond donors (Lipinski definition) is 1. The standard InChI is InChI=1S/C27H29N3OS/c31-26(28-18-20-8-2-1-3-9-20)25-23-10-4-5-11-24(23)32-27(25)29-19-21-12-14-22(15-13-21)30-16-6-7-17-30/h1-3,8-9,12-15,19H,4-7,10-11,16-18H2,(H,28,31). The predicted molar refractivity (Wildman–Crippen MR) is 134 cm³/mol. The van der Waals surface area contributed by atoms with Crippen molar-refractivity contribution >= 4 is 34.1 Å². The molecule has 164 valence electrons. The largest absolute Gasteiger partial charge is 0.372 e. The molecular formula is C27H29N3OS. The van der Waals surface area contributed by atoms with Crippen molar-refractivity contribution in [1.29, 1.82) is 0 Å². The second-order valence-electron chi connectivity index (χ2n) is 8.60. The van der Waals surface area contributed by atoms with Crippen molar-refractivity contribution in [2.75, 3.05) is 18.0 Å². The molecule has 0 atom stereocenters. The zero-order valence-electron chi connectivity index (χ0n) is 18.3. The summed E-state index contributed by atoms with van der Waals surface area (Å²) in [6, 6.07) is 18.7. The highest BCUT2D eigenvalue weighted by molar-refractivity contribution is 7.16. The Morgan fingerprint density at radius 2 is 1.72 bits per heavy atom. The number of nitrogens with one attached hydrogen (secondary N) is 1. The molecule has 2 aromatic carbocycles. The lowest BCUT2D eigenvalue weighted by molar-refractivity contribution is 0.0951. The lowest BCUT2D eigenvalue weighted by Gasteiger charge is -2.17. The van der Waals surface area contributed by atoms with Crippen molar-refractivity contribution in [3.05, 3.63) is 81.7 Å². The molecule has 3 aromatic rings. The molecule has 1 aromatic heterocycles. The molecule has 2 heterocycles. The summed E-state index contributed by atoms with van der Waals surface area (Å²) in [7, 11) is 0. The van der Waals surface area contributed by atoms with Crippen LogP contribution in [0.4, 0.5) is 10.7 Å². The number of carbonyl (C=O) groups is 1. The summed E-state index contributed by atoms with van der Waals surface area (Å²) in [4.78, 5) is 21.8. The van der Waals surface area contributed by atoms with Gasteiger partial charge >= 0.3 is 0 Å². The third-order valence-corrected chi connectivity index (χ3v) is 7.57. The number of carbonyl (C=O) groups excluding carboxylic acids is 1. The Kier molecular flexibility index (Phi) is 6.35. The van der Waals surface area contributed by atoms with E-state index in [1.807, 2.05) is 36.5 Å². The van der Waals surface area contributed by atoms with E-state index in [9.17, 15) is 4.79 Å². The van der Waals surface area contributed by atoms with E-state index in [2.05, 4.69) is 34.5 Å². The Hall–Kier alpha value is -2.92. The van der Waals surface area contributed by atoms with Gasteiger partial charge in [-0.3, -0.25) is 4.79 Å². The van der Waals surface area contributed by atoms with Crippen molar-refractivity contribution in [3.8, 4) is 0 Å². The molecule has 0 bridgehead atoms. The Morgan fingerprint density at radius 3 is 2.50 bits per heavy atom. The van der Waals surface area contributed by atoms with E-state index in [4.69, 9.17) is 4.99 Å².